The third-order valence-corrected chi connectivity index (χ3v) is 3.02. The molecule has 2 heterocycles. The molecule has 0 bridgehead atoms. The van der Waals surface area contributed by atoms with E-state index >= 15 is 0 Å². The average molecular weight is 351 g/mol. The normalized spacial score (nSPS) is 12.4. The van der Waals surface area contributed by atoms with Crippen molar-refractivity contribution in [3.63, 3.8) is 0 Å². The summed E-state index contributed by atoms with van der Waals surface area (Å²) in [6, 6.07) is 0. The second kappa shape index (κ2) is 6.57. The van der Waals surface area contributed by atoms with Crippen LogP contribution in [-0.4, -0.2) is 44.8 Å². The van der Waals surface area contributed by atoms with E-state index in [2.05, 4.69) is 31.7 Å². The highest BCUT2D eigenvalue weighted by molar-refractivity contribution is 5.51. The standard InChI is InChI=1S/C13H14F5N5O/c1-3-8(2)6-20-11-21-9-10(19-4-5-23(9)22-11)24-7-12(14,15)13(16,17)18/h4-5H,2-3,6-7H2,1H3,(H,20,22). The summed E-state index contributed by atoms with van der Waals surface area (Å²) in [6.45, 7) is 4.20. The molecule has 6 nitrogen and oxygen atoms in total. The van der Waals surface area contributed by atoms with Gasteiger partial charge in [-0.2, -0.15) is 26.9 Å². The zero-order valence-corrected chi connectivity index (χ0v) is 12.6. The molecule has 0 amide bonds. The SMILES string of the molecule is C=C(CC)CNc1nc2c(OCC(F)(F)C(F)(F)F)nccn2n1. The van der Waals surface area contributed by atoms with Gasteiger partial charge in [-0.05, 0) is 6.42 Å². The van der Waals surface area contributed by atoms with Gasteiger partial charge in [0.25, 0.3) is 5.88 Å². The largest absolute Gasteiger partial charge is 0.468 e. The number of ether oxygens (including phenoxy) is 1. The number of hydrogen-bond donors (Lipinski definition) is 1. The molecule has 0 unspecified atom stereocenters. The van der Waals surface area contributed by atoms with Gasteiger partial charge in [0.15, 0.2) is 6.61 Å². The van der Waals surface area contributed by atoms with Crippen molar-refractivity contribution in [2.24, 2.45) is 0 Å². The maximum atomic E-state index is 12.9. The van der Waals surface area contributed by atoms with Gasteiger partial charge in [0, 0.05) is 18.9 Å². The number of hydrogen-bond acceptors (Lipinski definition) is 5. The van der Waals surface area contributed by atoms with Gasteiger partial charge >= 0.3 is 12.1 Å². The number of aromatic nitrogens is 4. The van der Waals surface area contributed by atoms with Crippen molar-refractivity contribution in [3.8, 4) is 5.88 Å². The van der Waals surface area contributed by atoms with E-state index in [4.69, 9.17) is 0 Å². The summed E-state index contributed by atoms with van der Waals surface area (Å²) in [4.78, 5) is 7.59. The lowest BCUT2D eigenvalue weighted by Crippen LogP contribution is -2.41. The molecule has 24 heavy (non-hydrogen) atoms. The van der Waals surface area contributed by atoms with Crippen molar-refractivity contribution in [3.05, 3.63) is 24.5 Å². The Hall–Kier alpha value is -2.46. The van der Waals surface area contributed by atoms with E-state index in [1.807, 2.05) is 6.92 Å². The van der Waals surface area contributed by atoms with Crippen molar-refractivity contribution < 1.29 is 26.7 Å². The number of fused-ring (bicyclic) bond motifs is 1. The monoisotopic (exact) mass is 351 g/mol. The minimum Gasteiger partial charge on any atom is -0.468 e. The van der Waals surface area contributed by atoms with Crippen LogP contribution in [0, 0.1) is 0 Å². The van der Waals surface area contributed by atoms with Gasteiger partial charge in [0.1, 0.15) is 0 Å². The fourth-order valence-corrected chi connectivity index (χ4v) is 1.54. The van der Waals surface area contributed by atoms with E-state index in [9.17, 15) is 22.0 Å². The molecule has 0 fully saturated rings. The molecule has 0 radical (unpaired) electrons. The van der Waals surface area contributed by atoms with E-state index in [0.29, 0.717) is 6.54 Å². The Kier molecular flexibility index (Phi) is 4.90. The number of rotatable bonds is 7. The molecule has 1 N–H and O–H groups in total. The minimum atomic E-state index is -5.71. The summed E-state index contributed by atoms with van der Waals surface area (Å²) in [6.07, 6.45) is -2.46. The summed E-state index contributed by atoms with van der Waals surface area (Å²) in [5, 5.41) is 6.85. The second-order valence-corrected chi connectivity index (χ2v) is 4.88. The van der Waals surface area contributed by atoms with Crippen LogP contribution in [0.25, 0.3) is 5.65 Å². The van der Waals surface area contributed by atoms with Crippen molar-refractivity contribution in [1.82, 2.24) is 19.6 Å². The van der Waals surface area contributed by atoms with Crippen molar-refractivity contribution in [2.45, 2.75) is 25.4 Å². The molecule has 11 heteroatoms. The zero-order valence-electron chi connectivity index (χ0n) is 12.6. The molecular formula is C13H14F5N5O. The molecule has 0 aromatic carbocycles. The molecule has 0 aliphatic heterocycles. The van der Waals surface area contributed by atoms with Crippen LogP contribution in [0.5, 0.6) is 5.88 Å². The Balaban J connectivity index is 2.16. The Bertz CT molecular complexity index is 727. The summed E-state index contributed by atoms with van der Waals surface area (Å²) in [5.41, 5.74) is 0.799. The van der Waals surface area contributed by atoms with Crippen LogP contribution < -0.4 is 10.1 Å². The van der Waals surface area contributed by atoms with E-state index in [1.165, 1.54) is 6.20 Å². The maximum absolute atomic E-state index is 12.9. The lowest BCUT2D eigenvalue weighted by molar-refractivity contribution is -0.290. The predicted octanol–water partition coefficient (Wildman–Crippen LogP) is 3.08. The molecule has 0 saturated carbocycles. The fourth-order valence-electron chi connectivity index (χ4n) is 1.54. The van der Waals surface area contributed by atoms with Crippen LogP contribution in [-0.2, 0) is 0 Å². The molecule has 0 aliphatic rings. The van der Waals surface area contributed by atoms with Gasteiger partial charge < -0.3 is 10.1 Å². The Morgan fingerprint density at radius 2 is 2.04 bits per heavy atom. The first-order valence-electron chi connectivity index (χ1n) is 6.83. The van der Waals surface area contributed by atoms with Gasteiger partial charge in [-0.3, -0.25) is 0 Å². The number of anilines is 1. The van der Waals surface area contributed by atoms with Crippen LogP contribution in [0.4, 0.5) is 27.9 Å². The van der Waals surface area contributed by atoms with Gasteiger partial charge in [0.2, 0.25) is 11.6 Å². The van der Waals surface area contributed by atoms with Gasteiger partial charge in [0.05, 0.1) is 0 Å². The van der Waals surface area contributed by atoms with Gasteiger partial charge in [-0.25, -0.2) is 9.50 Å². The maximum Gasteiger partial charge on any atom is 0.456 e. The summed E-state index contributed by atoms with van der Waals surface area (Å²) < 4.78 is 68.0. The van der Waals surface area contributed by atoms with E-state index in [1.54, 1.807) is 0 Å². The quantitative estimate of drug-likeness (QED) is 0.614. The Morgan fingerprint density at radius 1 is 1.33 bits per heavy atom. The molecule has 2 aromatic heterocycles. The Labute approximate surface area is 133 Å². The minimum absolute atomic E-state index is 0.0833. The van der Waals surface area contributed by atoms with Crippen molar-refractivity contribution in [1.29, 1.82) is 0 Å². The third-order valence-electron chi connectivity index (χ3n) is 3.02. The number of nitrogens with zero attached hydrogens (tertiary/aromatic N) is 4. The molecule has 0 spiro atoms. The molecule has 0 saturated heterocycles. The summed E-state index contributed by atoms with van der Waals surface area (Å²) in [5.74, 6) is -5.33. The predicted molar refractivity (Wildman–Crippen MR) is 75.2 cm³/mol. The van der Waals surface area contributed by atoms with Gasteiger partial charge in [-0.1, -0.05) is 19.1 Å². The van der Waals surface area contributed by atoms with E-state index < -0.39 is 24.6 Å². The topological polar surface area (TPSA) is 64.3 Å². The highest BCUT2D eigenvalue weighted by Gasteiger charge is 2.58. The number of nitrogens with one attached hydrogen (secondary N) is 1. The zero-order chi connectivity index (χ0) is 18.0. The number of alkyl halides is 5. The average Bonchev–Trinajstić information content (AvgIpc) is 2.93. The van der Waals surface area contributed by atoms with Crippen LogP contribution in [0.2, 0.25) is 0 Å². The first-order valence-corrected chi connectivity index (χ1v) is 6.83. The van der Waals surface area contributed by atoms with Crippen molar-refractivity contribution >= 4 is 11.6 Å². The highest BCUT2D eigenvalue weighted by atomic mass is 19.4. The molecule has 132 valence electrons. The number of halogens is 5. The fraction of sp³-hybridized carbons (Fsp3) is 0.462. The van der Waals surface area contributed by atoms with Gasteiger partial charge in [-0.15, -0.1) is 5.10 Å². The first kappa shape index (κ1) is 17.9. The van der Waals surface area contributed by atoms with Crippen LogP contribution >= 0.6 is 0 Å². The molecule has 0 atom stereocenters. The van der Waals surface area contributed by atoms with Crippen LogP contribution in [0.1, 0.15) is 13.3 Å². The van der Waals surface area contributed by atoms with E-state index in [0.717, 1.165) is 22.7 Å². The first-order chi connectivity index (χ1) is 11.1. The van der Waals surface area contributed by atoms with Crippen LogP contribution in [0.15, 0.2) is 24.5 Å². The summed E-state index contributed by atoms with van der Waals surface area (Å²) >= 11 is 0. The third kappa shape index (κ3) is 3.89. The van der Waals surface area contributed by atoms with Crippen molar-refractivity contribution in [2.75, 3.05) is 18.5 Å². The lowest BCUT2D eigenvalue weighted by atomic mass is 10.2. The Morgan fingerprint density at radius 3 is 2.67 bits per heavy atom. The molecular weight excluding hydrogens is 337 g/mol. The molecule has 0 aliphatic carbocycles. The lowest BCUT2D eigenvalue weighted by Gasteiger charge is -2.19. The molecule has 2 aromatic rings. The highest BCUT2D eigenvalue weighted by Crippen LogP contribution is 2.35. The van der Waals surface area contributed by atoms with Crippen LogP contribution in [0.3, 0.4) is 0 Å². The molecule has 2 rings (SSSR count). The summed E-state index contributed by atoms with van der Waals surface area (Å²) in [7, 11) is 0. The van der Waals surface area contributed by atoms with E-state index in [-0.39, 0.29) is 11.6 Å². The smallest absolute Gasteiger partial charge is 0.456 e. The second-order valence-electron chi connectivity index (χ2n) is 4.88.